The van der Waals surface area contributed by atoms with E-state index in [9.17, 15) is 8.42 Å². The lowest BCUT2D eigenvalue weighted by atomic mass is 10.2. The Balaban J connectivity index is 2.06. The van der Waals surface area contributed by atoms with Crippen LogP contribution < -0.4 is 10.6 Å². The van der Waals surface area contributed by atoms with Crippen LogP contribution in [0, 0.1) is 0 Å². The number of hydrogen-bond donors (Lipinski definition) is 1. The van der Waals surface area contributed by atoms with Crippen LogP contribution in [0.1, 0.15) is 12.6 Å². The van der Waals surface area contributed by atoms with Gasteiger partial charge in [-0.05, 0) is 19.1 Å². The molecule has 0 spiro atoms. The van der Waals surface area contributed by atoms with Crippen molar-refractivity contribution in [2.24, 2.45) is 0 Å². The summed E-state index contributed by atoms with van der Waals surface area (Å²) in [5.74, 6) is 1.38. The van der Waals surface area contributed by atoms with Crippen molar-refractivity contribution in [2.45, 2.75) is 18.7 Å². The van der Waals surface area contributed by atoms with E-state index in [1.807, 2.05) is 6.92 Å². The number of nitrogens with zero attached hydrogens (tertiary/aromatic N) is 4. The van der Waals surface area contributed by atoms with E-state index in [-0.39, 0.29) is 11.8 Å². The molecule has 3 heterocycles. The summed E-state index contributed by atoms with van der Waals surface area (Å²) in [6.07, 6.45) is 2.78. The van der Waals surface area contributed by atoms with Gasteiger partial charge < -0.3 is 15.4 Å². The molecule has 3 rings (SSSR count). The number of nitrogen functional groups attached to an aromatic ring is 1. The van der Waals surface area contributed by atoms with Crippen molar-refractivity contribution in [3.8, 4) is 11.4 Å². The van der Waals surface area contributed by atoms with Gasteiger partial charge in [-0.25, -0.2) is 23.4 Å². The van der Waals surface area contributed by atoms with Crippen LogP contribution in [0.5, 0.6) is 0 Å². The number of aromatic nitrogens is 3. The van der Waals surface area contributed by atoms with Gasteiger partial charge in [0.05, 0.1) is 30.7 Å². The minimum absolute atomic E-state index is 0.142. The monoisotopic (exact) mass is 363 g/mol. The fourth-order valence-corrected chi connectivity index (χ4v) is 3.39. The van der Waals surface area contributed by atoms with Crippen molar-refractivity contribution in [3.63, 3.8) is 0 Å². The van der Waals surface area contributed by atoms with E-state index >= 15 is 0 Å². The Kier molecular flexibility index (Phi) is 4.87. The largest absolute Gasteiger partial charge is 0.384 e. The van der Waals surface area contributed by atoms with Crippen LogP contribution >= 0.6 is 0 Å². The van der Waals surface area contributed by atoms with Crippen LogP contribution in [-0.4, -0.2) is 55.4 Å². The SMILES string of the molecule is C[C@H]1COCCN1c1cc(CS(C)(=O)=O)nc(-c2ccc(N)nc2)n1. The topological polar surface area (TPSA) is 111 Å². The van der Waals surface area contributed by atoms with Gasteiger partial charge in [-0.15, -0.1) is 0 Å². The lowest BCUT2D eigenvalue weighted by molar-refractivity contribution is 0.0985. The van der Waals surface area contributed by atoms with Crippen LogP contribution in [0.2, 0.25) is 0 Å². The fraction of sp³-hybridized carbons (Fsp3) is 0.438. The zero-order valence-electron chi connectivity index (χ0n) is 14.2. The summed E-state index contributed by atoms with van der Waals surface area (Å²) in [5, 5.41) is 0. The van der Waals surface area contributed by atoms with Gasteiger partial charge in [0.1, 0.15) is 11.6 Å². The maximum absolute atomic E-state index is 11.7. The summed E-state index contributed by atoms with van der Waals surface area (Å²) in [6.45, 7) is 3.94. The number of ether oxygens (including phenoxy) is 1. The Morgan fingerprint density at radius 1 is 1.36 bits per heavy atom. The first-order valence-electron chi connectivity index (χ1n) is 7.94. The summed E-state index contributed by atoms with van der Waals surface area (Å²) in [7, 11) is -3.21. The van der Waals surface area contributed by atoms with Gasteiger partial charge in [-0.1, -0.05) is 0 Å². The van der Waals surface area contributed by atoms with E-state index in [1.165, 1.54) is 6.26 Å². The Hall–Kier alpha value is -2.26. The first-order valence-corrected chi connectivity index (χ1v) is 10.00. The average molecular weight is 363 g/mol. The van der Waals surface area contributed by atoms with E-state index in [0.717, 1.165) is 0 Å². The van der Waals surface area contributed by atoms with Gasteiger partial charge in [0, 0.05) is 30.6 Å². The molecule has 1 aliphatic rings. The van der Waals surface area contributed by atoms with Gasteiger partial charge in [0.2, 0.25) is 0 Å². The molecule has 0 unspecified atom stereocenters. The lowest BCUT2D eigenvalue weighted by Gasteiger charge is -2.34. The van der Waals surface area contributed by atoms with E-state index in [1.54, 1.807) is 24.4 Å². The minimum atomic E-state index is -3.21. The molecule has 0 aromatic carbocycles. The van der Waals surface area contributed by atoms with E-state index in [2.05, 4.69) is 19.9 Å². The second kappa shape index (κ2) is 6.93. The van der Waals surface area contributed by atoms with Crippen molar-refractivity contribution < 1.29 is 13.2 Å². The quantitative estimate of drug-likeness (QED) is 0.852. The van der Waals surface area contributed by atoms with Crippen LogP contribution in [-0.2, 0) is 20.3 Å². The molecule has 25 heavy (non-hydrogen) atoms. The van der Waals surface area contributed by atoms with Crippen molar-refractivity contribution in [3.05, 3.63) is 30.1 Å². The number of anilines is 2. The Labute approximate surface area is 147 Å². The van der Waals surface area contributed by atoms with E-state index in [4.69, 9.17) is 10.5 Å². The third-order valence-electron chi connectivity index (χ3n) is 3.88. The summed E-state index contributed by atoms with van der Waals surface area (Å²) in [4.78, 5) is 15.2. The molecule has 2 N–H and O–H groups in total. The van der Waals surface area contributed by atoms with Gasteiger partial charge in [0.25, 0.3) is 0 Å². The standard InChI is InChI=1S/C16H21N5O3S/c1-11-9-24-6-5-21(11)15-7-13(10-25(2,22)23)19-16(20-15)12-3-4-14(17)18-8-12/h3-4,7-8,11H,5-6,9-10H2,1-2H3,(H2,17,18)/t11-/m0/s1. The van der Waals surface area contributed by atoms with Crippen molar-refractivity contribution in [2.75, 3.05) is 36.6 Å². The number of sulfone groups is 1. The lowest BCUT2D eigenvalue weighted by Crippen LogP contribution is -2.44. The molecule has 134 valence electrons. The molecule has 0 radical (unpaired) electrons. The van der Waals surface area contributed by atoms with Crippen LogP contribution in [0.25, 0.3) is 11.4 Å². The highest BCUT2D eigenvalue weighted by atomic mass is 32.2. The molecule has 0 aliphatic carbocycles. The Bertz CT molecular complexity index is 855. The number of hydrogen-bond acceptors (Lipinski definition) is 8. The third kappa shape index (κ3) is 4.43. The molecule has 1 fully saturated rings. The van der Waals surface area contributed by atoms with Gasteiger partial charge in [0.15, 0.2) is 15.7 Å². The summed E-state index contributed by atoms with van der Waals surface area (Å²) >= 11 is 0. The predicted octanol–water partition coefficient (Wildman–Crippen LogP) is 0.890. The minimum Gasteiger partial charge on any atom is -0.384 e. The van der Waals surface area contributed by atoms with Gasteiger partial charge >= 0.3 is 0 Å². The number of morpholine rings is 1. The number of nitrogens with two attached hydrogens (primary N) is 1. The normalized spacial score (nSPS) is 18.3. The maximum Gasteiger partial charge on any atom is 0.163 e. The second-order valence-corrected chi connectivity index (χ2v) is 8.34. The summed E-state index contributed by atoms with van der Waals surface area (Å²) in [5.41, 5.74) is 6.77. The molecule has 2 aromatic rings. The molecule has 0 bridgehead atoms. The predicted molar refractivity (Wildman–Crippen MR) is 95.9 cm³/mol. The van der Waals surface area contributed by atoms with Gasteiger partial charge in [-0.2, -0.15) is 0 Å². The molecule has 9 heteroatoms. The van der Waals surface area contributed by atoms with Crippen LogP contribution in [0.4, 0.5) is 11.6 Å². The number of rotatable bonds is 4. The first kappa shape index (κ1) is 17.6. The average Bonchev–Trinajstić information content (AvgIpc) is 2.54. The Morgan fingerprint density at radius 3 is 2.80 bits per heavy atom. The molecule has 0 amide bonds. The van der Waals surface area contributed by atoms with Crippen molar-refractivity contribution in [1.29, 1.82) is 0 Å². The summed E-state index contributed by atoms with van der Waals surface area (Å²) < 4.78 is 28.9. The molecule has 1 aliphatic heterocycles. The highest BCUT2D eigenvalue weighted by Gasteiger charge is 2.22. The second-order valence-electron chi connectivity index (χ2n) is 6.20. The van der Waals surface area contributed by atoms with Crippen LogP contribution in [0.3, 0.4) is 0 Å². The molecule has 0 saturated carbocycles. The zero-order valence-corrected chi connectivity index (χ0v) is 15.0. The van der Waals surface area contributed by atoms with Gasteiger partial charge in [-0.3, -0.25) is 0 Å². The van der Waals surface area contributed by atoms with Crippen LogP contribution in [0.15, 0.2) is 24.4 Å². The highest BCUT2D eigenvalue weighted by Crippen LogP contribution is 2.23. The molecular formula is C16H21N5O3S. The summed E-state index contributed by atoms with van der Waals surface area (Å²) in [6, 6.07) is 5.32. The molecule has 1 saturated heterocycles. The molecule has 2 aromatic heterocycles. The molecular weight excluding hydrogens is 342 g/mol. The number of pyridine rings is 1. The zero-order chi connectivity index (χ0) is 18.0. The Morgan fingerprint density at radius 2 is 2.16 bits per heavy atom. The van der Waals surface area contributed by atoms with E-state index in [0.29, 0.717) is 48.5 Å². The third-order valence-corrected chi connectivity index (χ3v) is 4.70. The smallest absolute Gasteiger partial charge is 0.163 e. The van der Waals surface area contributed by atoms with Crippen molar-refractivity contribution >= 4 is 21.5 Å². The molecule has 1 atom stereocenters. The maximum atomic E-state index is 11.7. The highest BCUT2D eigenvalue weighted by molar-refractivity contribution is 7.89. The van der Waals surface area contributed by atoms with E-state index < -0.39 is 9.84 Å². The van der Waals surface area contributed by atoms with Crippen molar-refractivity contribution in [1.82, 2.24) is 15.0 Å². The fourth-order valence-electron chi connectivity index (χ4n) is 2.71. The molecule has 8 nitrogen and oxygen atoms in total. The first-order chi connectivity index (χ1) is 11.8.